The van der Waals surface area contributed by atoms with Crippen molar-refractivity contribution in [1.29, 1.82) is 0 Å². The Bertz CT molecular complexity index is 1270. The fourth-order valence-corrected chi connectivity index (χ4v) is 9.04. The molecule has 3 nitrogen and oxygen atoms in total. The third-order valence-corrected chi connectivity index (χ3v) is 12.7. The van der Waals surface area contributed by atoms with Crippen molar-refractivity contribution >= 4 is 11.6 Å². The summed E-state index contributed by atoms with van der Waals surface area (Å²) in [6, 6.07) is 13.4. The Kier molecular flexibility index (Phi) is 28.9. The van der Waals surface area contributed by atoms with Crippen LogP contribution in [0.5, 0.6) is 0 Å². The highest BCUT2D eigenvalue weighted by Gasteiger charge is 2.30. The average Bonchev–Trinajstić information content (AvgIpc) is 3.19. The first-order valence-electron chi connectivity index (χ1n) is 24.1. The minimum atomic E-state index is -0.0182. The predicted octanol–water partition coefficient (Wildman–Crippen LogP) is 12.9. The standard InChI is InChI=1S/C52H86NO2.BrH/c1-4-6-8-10-12-14-16-18-20-22-24-26-28-30-32-36-42-53(3,43-37-33-31-29-27-25-23-21-19-17-15-13-11-9-7-5-2)45-46-40-41-49-50(44-46)52(55)48-39-35-34-38-47(48)51(49)54;/h34-35,38-41,44H,4-33,36-37,42-43,45H2,1-3H3;1H/q+1;/p-1. The Hall–Kier alpha value is -1.78. The summed E-state index contributed by atoms with van der Waals surface area (Å²) >= 11 is 0. The van der Waals surface area contributed by atoms with Crippen LogP contribution in [0.4, 0.5) is 0 Å². The molecule has 0 bridgehead atoms. The highest BCUT2D eigenvalue weighted by Crippen LogP contribution is 2.29. The summed E-state index contributed by atoms with van der Waals surface area (Å²) in [5, 5.41) is 0. The smallest absolute Gasteiger partial charge is 0.194 e. The lowest BCUT2D eigenvalue weighted by atomic mass is 9.83. The third kappa shape index (κ3) is 20.8. The molecule has 0 spiro atoms. The SMILES string of the molecule is CCCCCCCCCCCCCCCCCC[N+](C)(CCCCCCCCCCCCCCCCCC)Cc1ccc2c(c1)C(=O)c1ccccc1C2=O.[Br-]. The summed E-state index contributed by atoms with van der Waals surface area (Å²) in [4.78, 5) is 26.7. The van der Waals surface area contributed by atoms with Gasteiger partial charge in [-0.25, -0.2) is 0 Å². The molecular formula is C52H86BrNO2. The third-order valence-electron chi connectivity index (χ3n) is 12.7. The maximum absolute atomic E-state index is 13.5. The molecule has 4 heteroatoms. The van der Waals surface area contributed by atoms with Gasteiger partial charge in [-0.2, -0.15) is 0 Å². The second-order valence-corrected chi connectivity index (χ2v) is 17.9. The second kappa shape index (κ2) is 32.1. The van der Waals surface area contributed by atoms with E-state index in [9.17, 15) is 9.59 Å². The first-order chi connectivity index (χ1) is 27.0. The zero-order chi connectivity index (χ0) is 39.2. The number of halogens is 1. The van der Waals surface area contributed by atoms with Crippen molar-refractivity contribution < 1.29 is 31.1 Å². The molecule has 318 valence electrons. The van der Waals surface area contributed by atoms with E-state index in [1.54, 1.807) is 12.1 Å². The Morgan fingerprint density at radius 2 is 0.661 bits per heavy atom. The number of unbranched alkanes of at least 4 members (excludes halogenated alkanes) is 30. The summed E-state index contributed by atoms with van der Waals surface area (Å²) in [5.74, 6) is -0.0211. The summed E-state index contributed by atoms with van der Waals surface area (Å²) in [6.07, 6.45) is 44.8. The number of nitrogens with zero attached hydrogens (tertiary/aromatic N) is 1. The number of fused-ring (bicyclic) bond motifs is 2. The minimum absolute atomic E-state index is 0. The van der Waals surface area contributed by atoms with Crippen molar-refractivity contribution in [2.24, 2.45) is 0 Å². The summed E-state index contributed by atoms with van der Waals surface area (Å²) in [5.41, 5.74) is 3.45. The van der Waals surface area contributed by atoms with Crippen molar-refractivity contribution in [1.82, 2.24) is 0 Å². The molecule has 2 aromatic carbocycles. The summed E-state index contributed by atoms with van der Waals surface area (Å²) < 4.78 is 1.02. The van der Waals surface area contributed by atoms with Crippen LogP contribution in [0.25, 0.3) is 0 Å². The number of hydrogen-bond acceptors (Lipinski definition) is 2. The molecule has 0 radical (unpaired) electrons. The van der Waals surface area contributed by atoms with Gasteiger partial charge in [0.25, 0.3) is 0 Å². The lowest BCUT2D eigenvalue weighted by Gasteiger charge is -2.35. The van der Waals surface area contributed by atoms with Crippen molar-refractivity contribution in [3.05, 3.63) is 70.3 Å². The van der Waals surface area contributed by atoms with Gasteiger partial charge in [0.1, 0.15) is 6.54 Å². The molecule has 1 aliphatic carbocycles. The zero-order valence-corrected chi connectivity index (χ0v) is 38.5. The van der Waals surface area contributed by atoms with Gasteiger partial charge in [-0.3, -0.25) is 9.59 Å². The van der Waals surface area contributed by atoms with Crippen LogP contribution in [-0.4, -0.2) is 36.2 Å². The number of quaternary nitrogens is 1. The summed E-state index contributed by atoms with van der Waals surface area (Å²) in [6.45, 7) is 7.89. The van der Waals surface area contributed by atoms with Gasteiger partial charge in [0.15, 0.2) is 11.6 Å². The van der Waals surface area contributed by atoms with E-state index < -0.39 is 0 Å². The fourth-order valence-electron chi connectivity index (χ4n) is 9.04. The molecule has 2 aromatic rings. The van der Waals surface area contributed by atoms with Crippen LogP contribution < -0.4 is 17.0 Å². The molecular weight excluding hydrogens is 750 g/mol. The lowest BCUT2D eigenvalue weighted by molar-refractivity contribution is -0.923. The van der Waals surface area contributed by atoms with Crippen LogP contribution in [0.1, 0.15) is 257 Å². The quantitative estimate of drug-likeness (QED) is 0.0432. The normalized spacial score (nSPS) is 12.5. The largest absolute Gasteiger partial charge is 1.00 e. The predicted molar refractivity (Wildman–Crippen MR) is 238 cm³/mol. The van der Waals surface area contributed by atoms with Crippen LogP contribution in [-0.2, 0) is 6.54 Å². The highest BCUT2D eigenvalue weighted by atomic mass is 79.9. The van der Waals surface area contributed by atoms with Crippen LogP contribution >= 0.6 is 0 Å². The van der Waals surface area contributed by atoms with Crippen molar-refractivity contribution in [2.75, 3.05) is 20.1 Å². The van der Waals surface area contributed by atoms with Gasteiger partial charge >= 0.3 is 0 Å². The zero-order valence-electron chi connectivity index (χ0n) is 36.9. The number of ketones is 2. The lowest BCUT2D eigenvalue weighted by Crippen LogP contribution is -3.00. The molecule has 0 unspecified atom stereocenters. The van der Waals surface area contributed by atoms with Crippen LogP contribution in [0.3, 0.4) is 0 Å². The van der Waals surface area contributed by atoms with Crippen LogP contribution in [0.2, 0.25) is 0 Å². The molecule has 0 N–H and O–H groups in total. The number of carbonyl (C=O) groups excluding carboxylic acids is 2. The Morgan fingerprint density at radius 1 is 0.375 bits per heavy atom. The van der Waals surface area contributed by atoms with Gasteiger partial charge in [0.2, 0.25) is 0 Å². The van der Waals surface area contributed by atoms with Crippen molar-refractivity contribution in [2.45, 2.75) is 226 Å². The maximum atomic E-state index is 13.5. The van der Waals surface area contributed by atoms with E-state index in [1.807, 2.05) is 24.3 Å². The molecule has 0 saturated carbocycles. The topological polar surface area (TPSA) is 34.1 Å². The van der Waals surface area contributed by atoms with E-state index in [4.69, 9.17) is 0 Å². The van der Waals surface area contributed by atoms with E-state index in [0.717, 1.165) is 11.0 Å². The molecule has 0 aromatic heterocycles. The Morgan fingerprint density at radius 3 is 1.00 bits per heavy atom. The molecule has 0 heterocycles. The Labute approximate surface area is 357 Å². The Balaban J connectivity index is 0.0000108. The number of benzene rings is 2. The molecule has 56 heavy (non-hydrogen) atoms. The van der Waals surface area contributed by atoms with E-state index in [1.165, 1.54) is 224 Å². The molecule has 1 aliphatic rings. The maximum Gasteiger partial charge on any atom is 0.194 e. The molecule has 3 rings (SSSR count). The van der Waals surface area contributed by atoms with Gasteiger partial charge < -0.3 is 21.5 Å². The van der Waals surface area contributed by atoms with Gasteiger partial charge in [-0.15, -0.1) is 0 Å². The molecule has 0 aliphatic heterocycles. The average molecular weight is 837 g/mol. The van der Waals surface area contributed by atoms with Crippen LogP contribution in [0.15, 0.2) is 42.5 Å². The number of hydrogen-bond donors (Lipinski definition) is 0. The second-order valence-electron chi connectivity index (χ2n) is 17.9. The molecule has 0 fully saturated rings. The fraction of sp³-hybridized carbons (Fsp3) is 0.731. The first-order valence-corrected chi connectivity index (χ1v) is 24.1. The number of rotatable bonds is 36. The first kappa shape index (κ1) is 50.4. The van der Waals surface area contributed by atoms with Crippen LogP contribution in [0, 0.1) is 0 Å². The molecule has 0 atom stereocenters. The molecule has 0 amide bonds. The number of carbonyl (C=O) groups is 2. The van der Waals surface area contributed by atoms with E-state index >= 15 is 0 Å². The van der Waals surface area contributed by atoms with Crippen molar-refractivity contribution in [3.8, 4) is 0 Å². The summed E-state index contributed by atoms with van der Waals surface area (Å²) in [7, 11) is 2.44. The van der Waals surface area contributed by atoms with E-state index in [0.29, 0.717) is 22.3 Å². The van der Waals surface area contributed by atoms with Gasteiger partial charge in [0.05, 0.1) is 20.1 Å². The van der Waals surface area contributed by atoms with E-state index in [-0.39, 0.29) is 28.5 Å². The van der Waals surface area contributed by atoms with Gasteiger partial charge in [0, 0.05) is 27.8 Å². The van der Waals surface area contributed by atoms with Gasteiger partial charge in [-0.1, -0.05) is 224 Å². The van der Waals surface area contributed by atoms with Crippen molar-refractivity contribution in [3.63, 3.8) is 0 Å². The molecule has 0 saturated heterocycles. The highest BCUT2D eigenvalue weighted by molar-refractivity contribution is 6.28. The minimum Gasteiger partial charge on any atom is -1.00 e. The van der Waals surface area contributed by atoms with E-state index in [2.05, 4.69) is 27.0 Å². The monoisotopic (exact) mass is 836 g/mol. The van der Waals surface area contributed by atoms with Gasteiger partial charge in [-0.05, 0) is 37.8 Å².